The van der Waals surface area contributed by atoms with Gasteiger partial charge in [0.15, 0.2) is 0 Å². The monoisotopic (exact) mass is 309 g/mol. The van der Waals surface area contributed by atoms with E-state index in [-0.39, 0.29) is 0 Å². The van der Waals surface area contributed by atoms with Gasteiger partial charge < -0.3 is 0 Å². The van der Waals surface area contributed by atoms with Crippen molar-refractivity contribution in [3.05, 3.63) is 51.7 Å². The summed E-state index contributed by atoms with van der Waals surface area (Å²) in [5.74, 6) is 0. The first kappa shape index (κ1) is 15.2. The van der Waals surface area contributed by atoms with Crippen LogP contribution in [0.25, 0.3) is 0 Å². The van der Waals surface area contributed by atoms with Crippen LogP contribution in [-0.4, -0.2) is 19.3 Å². The highest BCUT2D eigenvalue weighted by Crippen LogP contribution is 2.28. The van der Waals surface area contributed by atoms with E-state index in [0.717, 1.165) is 15.3 Å². The molecule has 0 fully saturated rings. The van der Waals surface area contributed by atoms with E-state index in [1.165, 1.54) is 15.6 Å². The van der Waals surface area contributed by atoms with E-state index >= 15 is 0 Å². The lowest BCUT2D eigenvalue weighted by molar-refractivity contribution is 0.423. The predicted octanol–water partition coefficient (Wildman–Crippen LogP) is 3.58. The van der Waals surface area contributed by atoms with Gasteiger partial charge in [-0.25, -0.2) is 8.42 Å². The van der Waals surface area contributed by atoms with Crippen molar-refractivity contribution in [2.45, 2.75) is 32.2 Å². The van der Waals surface area contributed by atoms with E-state index in [1.54, 1.807) is 6.07 Å². The summed E-state index contributed by atoms with van der Waals surface area (Å²) in [6.07, 6.45) is 0. The van der Waals surface area contributed by atoms with Crippen molar-refractivity contribution in [2.24, 2.45) is 0 Å². The summed E-state index contributed by atoms with van der Waals surface area (Å²) in [4.78, 5) is 2.32. The molecule has 0 saturated carbocycles. The van der Waals surface area contributed by atoms with Crippen LogP contribution < -0.4 is 0 Å². The number of thiophene rings is 1. The van der Waals surface area contributed by atoms with E-state index in [9.17, 15) is 8.42 Å². The van der Waals surface area contributed by atoms with Gasteiger partial charge in [0, 0.05) is 22.8 Å². The zero-order valence-corrected chi connectivity index (χ0v) is 13.6. The molecule has 0 aliphatic carbocycles. The minimum Gasteiger partial charge on any atom is -0.207 e. The summed E-state index contributed by atoms with van der Waals surface area (Å²) in [7, 11) is -3.42. The van der Waals surface area contributed by atoms with Crippen LogP contribution in [0.15, 0.2) is 41.3 Å². The van der Waals surface area contributed by atoms with Crippen LogP contribution in [-0.2, 0) is 16.6 Å². The first-order valence-electron chi connectivity index (χ1n) is 6.56. The first-order valence-corrected chi connectivity index (χ1v) is 8.82. The Morgan fingerprint density at radius 3 is 2.30 bits per heavy atom. The van der Waals surface area contributed by atoms with Gasteiger partial charge in [0.2, 0.25) is 10.0 Å². The Kier molecular flexibility index (Phi) is 4.62. The Labute approximate surface area is 124 Å². The van der Waals surface area contributed by atoms with Crippen molar-refractivity contribution in [2.75, 3.05) is 6.54 Å². The number of nitrogens with zero attached hydrogens (tertiary/aromatic N) is 1. The molecule has 5 heteroatoms. The molecule has 0 aliphatic heterocycles. The van der Waals surface area contributed by atoms with E-state index < -0.39 is 10.0 Å². The van der Waals surface area contributed by atoms with Crippen LogP contribution in [0.5, 0.6) is 0 Å². The summed E-state index contributed by atoms with van der Waals surface area (Å²) in [5.41, 5.74) is 1.00. The van der Waals surface area contributed by atoms with Gasteiger partial charge in [-0.3, -0.25) is 0 Å². The van der Waals surface area contributed by atoms with Crippen molar-refractivity contribution < 1.29 is 8.42 Å². The number of rotatable bonds is 5. The highest BCUT2D eigenvalue weighted by Gasteiger charge is 2.26. The maximum absolute atomic E-state index is 12.7. The van der Waals surface area contributed by atoms with Crippen LogP contribution in [0.3, 0.4) is 0 Å². The fraction of sp³-hybridized carbons (Fsp3) is 0.333. The average Bonchev–Trinajstić information content (AvgIpc) is 2.76. The highest BCUT2D eigenvalue weighted by atomic mass is 32.2. The topological polar surface area (TPSA) is 37.4 Å². The molecule has 0 N–H and O–H groups in total. The van der Waals surface area contributed by atoms with Crippen LogP contribution in [0.2, 0.25) is 0 Å². The lowest BCUT2D eigenvalue weighted by atomic mass is 10.2. The quantitative estimate of drug-likeness (QED) is 0.846. The Morgan fingerprint density at radius 2 is 1.80 bits per heavy atom. The smallest absolute Gasteiger partial charge is 0.207 e. The Morgan fingerprint density at radius 1 is 1.15 bits per heavy atom. The maximum atomic E-state index is 12.7. The van der Waals surface area contributed by atoms with Gasteiger partial charge >= 0.3 is 0 Å². The van der Waals surface area contributed by atoms with Crippen molar-refractivity contribution in [1.82, 2.24) is 4.31 Å². The van der Waals surface area contributed by atoms with Crippen molar-refractivity contribution in [1.29, 1.82) is 0 Å². The van der Waals surface area contributed by atoms with Crippen LogP contribution >= 0.6 is 11.3 Å². The second-order valence-electron chi connectivity index (χ2n) is 4.69. The molecule has 3 nitrogen and oxygen atoms in total. The molecule has 0 saturated heterocycles. The molecule has 2 aromatic rings. The van der Waals surface area contributed by atoms with Crippen LogP contribution in [0.1, 0.15) is 22.2 Å². The molecule has 108 valence electrons. The summed E-state index contributed by atoms with van der Waals surface area (Å²) < 4.78 is 27.0. The number of benzene rings is 1. The van der Waals surface area contributed by atoms with Gasteiger partial charge in [0.25, 0.3) is 0 Å². The Balaban J connectivity index is 2.33. The van der Waals surface area contributed by atoms with Gasteiger partial charge in [-0.05, 0) is 25.5 Å². The third-order valence-electron chi connectivity index (χ3n) is 3.17. The van der Waals surface area contributed by atoms with Crippen LogP contribution in [0.4, 0.5) is 0 Å². The van der Waals surface area contributed by atoms with Crippen molar-refractivity contribution in [3.63, 3.8) is 0 Å². The van der Waals surface area contributed by atoms with Gasteiger partial charge in [-0.2, -0.15) is 4.31 Å². The zero-order chi connectivity index (χ0) is 14.8. The molecule has 20 heavy (non-hydrogen) atoms. The van der Waals surface area contributed by atoms with Crippen molar-refractivity contribution >= 4 is 21.4 Å². The molecule has 0 atom stereocenters. The van der Waals surface area contributed by atoms with E-state index in [0.29, 0.717) is 18.0 Å². The fourth-order valence-corrected chi connectivity index (χ4v) is 5.12. The molecule has 1 aromatic heterocycles. The zero-order valence-electron chi connectivity index (χ0n) is 12.0. The van der Waals surface area contributed by atoms with Gasteiger partial charge in [0.05, 0.1) is 4.90 Å². The maximum Gasteiger partial charge on any atom is 0.244 e. The summed E-state index contributed by atoms with van der Waals surface area (Å²) in [5, 5.41) is 0. The normalized spacial score (nSPS) is 12.0. The molecule has 0 bridgehead atoms. The number of aryl methyl sites for hydroxylation is 2. The predicted molar refractivity (Wildman–Crippen MR) is 83.5 cm³/mol. The lowest BCUT2D eigenvalue weighted by Gasteiger charge is -2.20. The van der Waals surface area contributed by atoms with Gasteiger partial charge in [-0.15, -0.1) is 11.3 Å². The Hall–Kier alpha value is -1.17. The summed E-state index contributed by atoms with van der Waals surface area (Å²) >= 11 is 1.52. The molecule has 0 amide bonds. The number of sulfonamides is 1. The van der Waals surface area contributed by atoms with Gasteiger partial charge in [-0.1, -0.05) is 37.3 Å². The minimum atomic E-state index is -3.42. The third-order valence-corrected chi connectivity index (χ3v) is 6.31. The second-order valence-corrected chi connectivity index (χ2v) is 8.06. The molecule has 1 aromatic carbocycles. The first-order chi connectivity index (χ1) is 9.45. The molecule has 0 aliphatic rings. The van der Waals surface area contributed by atoms with E-state index in [2.05, 4.69) is 0 Å². The highest BCUT2D eigenvalue weighted by molar-refractivity contribution is 7.89. The molecule has 2 rings (SSSR count). The Bertz CT molecular complexity index is 675. The van der Waals surface area contributed by atoms with E-state index in [1.807, 2.05) is 51.1 Å². The molecular weight excluding hydrogens is 290 g/mol. The summed E-state index contributed by atoms with van der Waals surface area (Å²) in [6, 6.07) is 11.4. The van der Waals surface area contributed by atoms with Crippen molar-refractivity contribution in [3.8, 4) is 0 Å². The van der Waals surface area contributed by atoms with Crippen LogP contribution in [0, 0.1) is 13.8 Å². The number of hydrogen-bond donors (Lipinski definition) is 0. The third kappa shape index (κ3) is 3.11. The standard InChI is InChI=1S/C15H19NO2S2/c1-4-16(11-14-8-6-5-7-9-14)20(17,18)15-10-12(2)19-13(15)3/h5-10H,4,11H2,1-3H3. The molecule has 0 unspecified atom stereocenters. The fourth-order valence-electron chi connectivity index (χ4n) is 2.16. The molecule has 0 spiro atoms. The average molecular weight is 309 g/mol. The molecular formula is C15H19NO2S2. The number of hydrogen-bond acceptors (Lipinski definition) is 3. The molecule has 1 heterocycles. The SMILES string of the molecule is CCN(Cc1ccccc1)S(=O)(=O)c1cc(C)sc1C. The second kappa shape index (κ2) is 6.08. The largest absolute Gasteiger partial charge is 0.244 e. The van der Waals surface area contributed by atoms with Gasteiger partial charge in [0.1, 0.15) is 0 Å². The van der Waals surface area contributed by atoms with E-state index in [4.69, 9.17) is 0 Å². The molecule has 0 radical (unpaired) electrons. The lowest BCUT2D eigenvalue weighted by Crippen LogP contribution is -2.30. The minimum absolute atomic E-state index is 0.411. The summed E-state index contributed by atoms with van der Waals surface area (Å²) in [6.45, 7) is 6.54.